The second-order valence-corrected chi connectivity index (χ2v) is 7.37. The second-order valence-electron chi connectivity index (χ2n) is 7.37. The molecule has 6 nitrogen and oxygen atoms in total. The van der Waals surface area contributed by atoms with Crippen molar-refractivity contribution in [2.24, 2.45) is 5.73 Å². The SMILES string of the molecule is COc1cc(C2C(C#N)=C(N)OC3=C2C(=O)CCC3)ccc1OCc1cccc(F)c1. The third kappa shape index (κ3) is 3.97. The van der Waals surface area contributed by atoms with Crippen molar-refractivity contribution in [3.8, 4) is 17.6 Å². The Kier molecular flexibility index (Phi) is 5.63. The van der Waals surface area contributed by atoms with Crippen molar-refractivity contribution >= 4 is 5.78 Å². The number of halogens is 1. The van der Waals surface area contributed by atoms with Gasteiger partial charge in [-0.1, -0.05) is 18.2 Å². The van der Waals surface area contributed by atoms with Crippen LogP contribution in [0.5, 0.6) is 11.5 Å². The van der Waals surface area contributed by atoms with Crippen LogP contribution in [0.25, 0.3) is 0 Å². The Morgan fingerprint density at radius 2 is 2.06 bits per heavy atom. The monoisotopic (exact) mass is 420 g/mol. The van der Waals surface area contributed by atoms with Gasteiger partial charge >= 0.3 is 0 Å². The lowest BCUT2D eigenvalue weighted by Gasteiger charge is -2.31. The van der Waals surface area contributed by atoms with Crippen molar-refractivity contribution in [3.05, 3.63) is 82.2 Å². The third-order valence-corrected chi connectivity index (χ3v) is 5.41. The Balaban J connectivity index is 1.68. The molecule has 1 unspecified atom stereocenters. The first kappa shape index (κ1) is 20.5. The minimum atomic E-state index is -0.618. The summed E-state index contributed by atoms with van der Waals surface area (Å²) >= 11 is 0. The average Bonchev–Trinajstić information content (AvgIpc) is 2.77. The number of nitrogens with zero attached hydrogens (tertiary/aromatic N) is 1. The van der Waals surface area contributed by atoms with Crippen molar-refractivity contribution in [2.75, 3.05) is 7.11 Å². The Morgan fingerprint density at radius 3 is 2.81 bits per heavy atom. The van der Waals surface area contributed by atoms with Crippen LogP contribution in [0.1, 0.15) is 36.3 Å². The van der Waals surface area contributed by atoms with Crippen LogP contribution in [0.15, 0.2) is 65.3 Å². The fourth-order valence-corrected chi connectivity index (χ4v) is 3.96. The predicted octanol–water partition coefficient (Wildman–Crippen LogP) is 4.23. The maximum atomic E-state index is 13.4. The molecule has 0 spiro atoms. The quantitative estimate of drug-likeness (QED) is 0.778. The van der Waals surface area contributed by atoms with Gasteiger partial charge in [0.1, 0.15) is 29.8 Å². The van der Waals surface area contributed by atoms with Crippen molar-refractivity contribution in [1.29, 1.82) is 5.26 Å². The third-order valence-electron chi connectivity index (χ3n) is 5.41. The zero-order valence-electron chi connectivity index (χ0n) is 17.0. The lowest BCUT2D eigenvalue weighted by molar-refractivity contribution is -0.116. The molecular formula is C24H21FN2O4. The topological polar surface area (TPSA) is 94.6 Å². The summed E-state index contributed by atoms with van der Waals surface area (Å²) in [5.41, 5.74) is 8.04. The van der Waals surface area contributed by atoms with Gasteiger partial charge in [0.2, 0.25) is 5.88 Å². The van der Waals surface area contributed by atoms with Gasteiger partial charge in [-0.25, -0.2) is 4.39 Å². The Hall–Kier alpha value is -3.79. The number of ketones is 1. The van der Waals surface area contributed by atoms with E-state index in [4.69, 9.17) is 19.9 Å². The highest BCUT2D eigenvalue weighted by Gasteiger charge is 2.38. The number of carbonyl (C=O) groups excluding carboxylic acids is 1. The first-order valence-corrected chi connectivity index (χ1v) is 9.90. The molecule has 1 atom stereocenters. The molecule has 0 saturated carbocycles. The van der Waals surface area contributed by atoms with Crippen molar-refractivity contribution in [3.63, 3.8) is 0 Å². The fraction of sp³-hybridized carbons (Fsp3) is 0.250. The summed E-state index contributed by atoms with van der Waals surface area (Å²) < 4.78 is 30.3. The van der Waals surface area contributed by atoms with Crippen LogP contribution >= 0.6 is 0 Å². The lowest BCUT2D eigenvalue weighted by Crippen LogP contribution is -2.27. The van der Waals surface area contributed by atoms with Gasteiger partial charge in [-0.15, -0.1) is 0 Å². The van der Waals surface area contributed by atoms with E-state index >= 15 is 0 Å². The molecule has 0 amide bonds. The molecule has 0 radical (unpaired) electrons. The maximum absolute atomic E-state index is 13.4. The minimum Gasteiger partial charge on any atom is -0.493 e. The minimum absolute atomic E-state index is 0.0198. The van der Waals surface area contributed by atoms with Crippen LogP contribution in [0.4, 0.5) is 4.39 Å². The van der Waals surface area contributed by atoms with Crippen LogP contribution in [-0.2, 0) is 16.1 Å². The van der Waals surface area contributed by atoms with E-state index in [1.165, 1.54) is 19.2 Å². The molecule has 31 heavy (non-hydrogen) atoms. The highest BCUT2D eigenvalue weighted by atomic mass is 19.1. The Morgan fingerprint density at radius 1 is 1.23 bits per heavy atom. The first-order valence-electron chi connectivity index (χ1n) is 9.90. The van der Waals surface area contributed by atoms with Gasteiger partial charge in [0.05, 0.1) is 13.0 Å². The number of Topliss-reactive ketones (excluding diaryl/α,β-unsaturated/α-hetero) is 1. The number of allylic oxidation sites excluding steroid dienone is 3. The molecule has 0 aromatic heterocycles. The van der Waals surface area contributed by atoms with Gasteiger partial charge in [-0.3, -0.25) is 4.79 Å². The number of nitriles is 1. The van der Waals surface area contributed by atoms with E-state index in [0.717, 1.165) is 0 Å². The molecule has 0 saturated heterocycles. The largest absolute Gasteiger partial charge is 0.493 e. The Bertz CT molecular complexity index is 1150. The molecule has 7 heteroatoms. The van der Waals surface area contributed by atoms with E-state index in [1.54, 1.807) is 30.3 Å². The van der Waals surface area contributed by atoms with Gasteiger partial charge in [0.15, 0.2) is 17.3 Å². The summed E-state index contributed by atoms with van der Waals surface area (Å²) in [5.74, 6) is 0.445. The van der Waals surface area contributed by atoms with Crippen LogP contribution < -0.4 is 15.2 Å². The number of benzene rings is 2. The lowest BCUT2D eigenvalue weighted by atomic mass is 9.77. The molecule has 1 heterocycles. The van der Waals surface area contributed by atoms with Gasteiger partial charge in [-0.05, 0) is 41.8 Å². The van der Waals surface area contributed by atoms with E-state index < -0.39 is 5.92 Å². The van der Waals surface area contributed by atoms with Gasteiger partial charge < -0.3 is 19.9 Å². The molecule has 0 fully saturated rings. The van der Waals surface area contributed by atoms with Crippen LogP contribution in [0.2, 0.25) is 0 Å². The highest BCUT2D eigenvalue weighted by molar-refractivity contribution is 5.99. The molecule has 2 aromatic rings. The fourth-order valence-electron chi connectivity index (χ4n) is 3.96. The maximum Gasteiger partial charge on any atom is 0.205 e. The predicted molar refractivity (Wildman–Crippen MR) is 110 cm³/mol. The van der Waals surface area contributed by atoms with Crippen LogP contribution in [0.3, 0.4) is 0 Å². The zero-order chi connectivity index (χ0) is 22.0. The zero-order valence-corrected chi connectivity index (χ0v) is 17.0. The standard InChI is InChI=1S/C24H21FN2O4/c1-29-21-11-15(8-9-19(21)30-13-14-4-2-5-16(25)10-14)22-17(12-26)24(27)31-20-7-3-6-18(28)23(20)22/h2,4-5,8-11,22H,3,6-7,13,27H2,1H3. The molecule has 0 bridgehead atoms. The average molecular weight is 420 g/mol. The number of ether oxygens (including phenoxy) is 3. The molecule has 1 aliphatic heterocycles. The summed E-state index contributed by atoms with van der Waals surface area (Å²) in [6.45, 7) is 0.162. The van der Waals surface area contributed by atoms with Crippen LogP contribution in [0, 0.1) is 17.1 Å². The molecule has 158 valence electrons. The first-order chi connectivity index (χ1) is 15.0. The van der Waals surface area contributed by atoms with E-state index in [0.29, 0.717) is 53.2 Å². The number of hydrogen-bond donors (Lipinski definition) is 1. The van der Waals surface area contributed by atoms with E-state index in [1.807, 2.05) is 0 Å². The molecule has 2 aromatic carbocycles. The van der Waals surface area contributed by atoms with Crippen molar-refractivity contribution < 1.29 is 23.4 Å². The number of methoxy groups -OCH3 is 1. The smallest absolute Gasteiger partial charge is 0.205 e. The molecule has 2 N–H and O–H groups in total. The Labute approximate surface area is 179 Å². The highest BCUT2D eigenvalue weighted by Crippen LogP contribution is 2.45. The number of hydrogen-bond acceptors (Lipinski definition) is 6. The summed E-state index contributed by atoms with van der Waals surface area (Å²) in [7, 11) is 1.50. The van der Waals surface area contributed by atoms with Crippen molar-refractivity contribution in [2.45, 2.75) is 31.8 Å². The van der Waals surface area contributed by atoms with Gasteiger partial charge in [-0.2, -0.15) is 5.26 Å². The summed E-state index contributed by atoms with van der Waals surface area (Å²) in [6, 6.07) is 13.5. The van der Waals surface area contributed by atoms with Gasteiger partial charge in [0.25, 0.3) is 0 Å². The van der Waals surface area contributed by atoms with E-state index in [9.17, 15) is 14.4 Å². The molecule has 4 rings (SSSR count). The van der Waals surface area contributed by atoms with E-state index in [-0.39, 0.29) is 29.7 Å². The van der Waals surface area contributed by atoms with Crippen molar-refractivity contribution in [1.82, 2.24) is 0 Å². The molecular weight excluding hydrogens is 399 g/mol. The second kappa shape index (κ2) is 8.52. The summed E-state index contributed by atoms with van der Waals surface area (Å²) in [5, 5.41) is 9.70. The molecule has 1 aliphatic carbocycles. The number of carbonyl (C=O) groups is 1. The van der Waals surface area contributed by atoms with Crippen LogP contribution in [-0.4, -0.2) is 12.9 Å². The summed E-state index contributed by atoms with van der Waals surface area (Å²) in [6.07, 6.45) is 1.70. The van der Waals surface area contributed by atoms with Gasteiger partial charge in [0, 0.05) is 18.4 Å². The number of rotatable bonds is 5. The van der Waals surface area contributed by atoms with E-state index in [2.05, 4.69) is 6.07 Å². The molecule has 2 aliphatic rings. The number of nitrogens with two attached hydrogens (primary N) is 1. The summed E-state index contributed by atoms with van der Waals surface area (Å²) in [4.78, 5) is 12.7. The normalized spacial score (nSPS) is 18.2.